The van der Waals surface area contributed by atoms with Gasteiger partial charge in [0.05, 0.1) is 15.1 Å². The third-order valence-corrected chi connectivity index (χ3v) is 10.8. The molecule has 0 fully saturated rings. The van der Waals surface area contributed by atoms with E-state index >= 15 is 0 Å². The van der Waals surface area contributed by atoms with Gasteiger partial charge >= 0.3 is 0 Å². The molecule has 0 radical (unpaired) electrons. The number of rotatable bonds is 5. The van der Waals surface area contributed by atoms with Crippen molar-refractivity contribution in [1.82, 2.24) is 0 Å². The number of hydrogen-bond donors (Lipinski definition) is 0. The van der Waals surface area contributed by atoms with Gasteiger partial charge in [0.25, 0.3) is 5.69 Å². The molecule has 0 N–H and O–H groups in total. The highest BCUT2D eigenvalue weighted by Gasteiger charge is 2.27. The molecule has 6 heteroatoms. The van der Waals surface area contributed by atoms with Crippen molar-refractivity contribution < 1.29 is 4.92 Å². The smallest absolute Gasteiger partial charge is 0.258 e. The van der Waals surface area contributed by atoms with Crippen LogP contribution in [-0.2, 0) is 11.8 Å². The predicted molar refractivity (Wildman–Crippen MR) is 105 cm³/mol. The van der Waals surface area contributed by atoms with Crippen LogP contribution in [0.1, 0.15) is 0 Å². The van der Waals surface area contributed by atoms with E-state index in [-0.39, 0.29) is 10.6 Å². The molecule has 0 spiro atoms. The van der Waals surface area contributed by atoms with Gasteiger partial charge in [-0.25, -0.2) is 0 Å². The van der Waals surface area contributed by atoms with Crippen molar-refractivity contribution in [3.63, 3.8) is 0 Å². The molecule has 0 aliphatic rings. The average Bonchev–Trinajstić information content (AvgIpc) is 2.63. The fourth-order valence-corrected chi connectivity index (χ4v) is 8.73. The van der Waals surface area contributed by atoms with E-state index in [1.165, 1.54) is 17.4 Å². The molecular formula is C18H14NO2PS2. The molecule has 3 rings (SSSR count). The minimum atomic E-state index is -2.27. The maximum absolute atomic E-state index is 11.4. The van der Waals surface area contributed by atoms with Gasteiger partial charge in [0.1, 0.15) is 0 Å². The van der Waals surface area contributed by atoms with Crippen LogP contribution in [0, 0.1) is 10.1 Å². The Morgan fingerprint density at radius 2 is 1.25 bits per heavy atom. The molecule has 120 valence electrons. The lowest BCUT2D eigenvalue weighted by Crippen LogP contribution is -2.13. The fourth-order valence-electron chi connectivity index (χ4n) is 2.33. The highest BCUT2D eigenvalue weighted by molar-refractivity contribution is 8.75. The summed E-state index contributed by atoms with van der Waals surface area (Å²) in [4.78, 5) is 11.6. The monoisotopic (exact) mass is 371 g/mol. The van der Waals surface area contributed by atoms with E-state index in [0.29, 0.717) is 4.90 Å². The molecule has 0 aliphatic carbocycles. The van der Waals surface area contributed by atoms with E-state index in [2.05, 4.69) is 0 Å². The minimum absolute atomic E-state index is 0.101. The van der Waals surface area contributed by atoms with E-state index < -0.39 is 5.24 Å². The van der Waals surface area contributed by atoms with Gasteiger partial charge in [-0.15, -0.1) is 0 Å². The molecule has 24 heavy (non-hydrogen) atoms. The number of nitro benzene ring substituents is 1. The summed E-state index contributed by atoms with van der Waals surface area (Å²) in [7, 11) is 0. The van der Waals surface area contributed by atoms with Gasteiger partial charge in [0, 0.05) is 6.07 Å². The second-order valence-corrected chi connectivity index (χ2v) is 12.3. The van der Waals surface area contributed by atoms with E-state index in [1.807, 2.05) is 66.7 Å². The maximum Gasteiger partial charge on any atom is 0.283 e. The molecule has 0 aliphatic heterocycles. The van der Waals surface area contributed by atoms with Crippen LogP contribution >= 0.6 is 16.6 Å². The second-order valence-electron chi connectivity index (χ2n) is 5.04. The van der Waals surface area contributed by atoms with Crippen molar-refractivity contribution in [2.45, 2.75) is 4.90 Å². The van der Waals surface area contributed by atoms with Crippen LogP contribution in [0.25, 0.3) is 0 Å². The topological polar surface area (TPSA) is 43.1 Å². The first-order valence-corrected chi connectivity index (χ1v) is 11.5. The third-order valence-electron chi connectivity index (χ3n) is 3.48. The molecule has 3 aromatic carbocycles. The second kappa shape index (κ2) is 7.31. The lowest BCUT2D eigenvalue weighted by Gasteiger charge is -2.22. The Balaban J connectivity index is 2.15. The standard InChI is InChI=1S/C18H14NO2PS2/c20-19(21)17-13-7-8-14-18(17)24-22(23,15-9-3-1-4-10-15)16-11-5-2-6-12-16/h1-14H. The van der Waals surface area contributed by atoms with Crippen molar-refractivity contribution in [3.8, 4) is 0 Å². The van der Waals surface area contributed by atoms with Gasteiger partial charge in [-0.2, -0.15) is 0 Å². The summed E-state index contributed by atoms with van der Waals surface area (Å²) >= 11 is 7.55. The SMILES string of the molecule is O=[N+]([O-])c1ccccc1SP(=S)(c1ccccc1)c1ccccc1. The zero-order valence-electron chi connectivity index (χ0n) is 12.6. The summed E-state index contributed by atoms with van der Waals surface area (Å²) < 4.78 is 0. The first kappa shape index (κ1) is 16.9. The summed E-state index contributed by atoms with van der Waals surface area (Å²) in [6.45, 7) is 0. The first-order chi connectivity index (χ1) is 11.6. The maximum atomic E-state index is 11.4. The first-order valence-electron chi connectivity index (χ1n) is 7.25. The Kier molecular flexibility index (Phi) is 5.14. The molecular weight excluding hydrogens is 357 g/mol. The van der Waals surface area contributed by atoms with Crippen LogP contribution in [0.5, 0.6) is 0 Å². The highest BCUT2D eigenvalue weighted by Crippen LogP contribution is 2.61. The van der Waals surface area contributed by atoms with E-state index in [4.69, 9.17) is 11.8 Å². The predicted octanol–water partition coefficient (Wildman–Crippen LogP) is 4.73. The molecule has 0 saturated heterocycles. The summed E-state index contributed by atoms with van der Waals surface area (Å²) in [5, 5.41) is 11.2. The number of hydrogen-bond acceptors (Lipinski definition) is 4. The molecule has 0 atom stereocenters. The van der Waals surface area contributed by atoms with E-state index in [1.54, 1.807) is 12.1 Å². The summed E-state index contributed by atoms with van der Waals surface area (Å²) in [6, 6.07) is 26.6. The molecule has 0 unspecified atom stereocenters. The lowest BCUT2D eigenvalue weighted by atomic mass is 10.3. The lowest BCUT2D eigenvalue weighted by molar-refractivity contribution is -0.387. The largest absolute Gasteiger partial charge is 0.283 e. The summed E-state index contributed by atoms with van der Waals surface area (Å²) in [6.07, 6.45) is 0. The molecule has 0 saturated carbocycles. The van der Waals surface area contributed by atoms with Crippen molar-refractivity contribution in [2.24, 2.45) is 0 Å². The minimum Gasteiger partial charge on any atom is -0.258 e. The van der Waals surface area contributed by atoms with E-state index in [0.717, 1.165) is 10.6 Å². The average molecular weight is 371 g/mol. The Morgan fingerprint density at radius 3 is 1.75 bits per heavy atom. The Hall–Kier alpha value is -1.94. The van der Waals surface area contributed by atoms with Crippen LogP contribution < -0.4 is 10.6 Å². The van der Waals surface area contributed by atoms with Gasteiger partial charge in [-0.05, 0) is 16.7 Å². The van der Waals surface area contributed by atoms with Crippen molar-refractivity contribution in [1.29, 1.82) is 0 Å². The molecule has 0 amide bonds. The quantitative estimate of drug-likeness (QED) is 0.369. The third kappa shape index (κ3) is 3.44. The summed E-state index contributed by atoms with van der Waals surface area (Å²) in [5.74, 6) is 0. The highest BCUT2D eigenvalue weighted by atomic mass is 32.9. The number of nitrogens with zero attached hydrogens (tertiary/aromatic N) is 1. The van der Waals surface area contributed by atoms with Crippen LogP contribution in [0.3, 0.4) is 0 Å². The van der Waals surface area contributed by atoms with Crippen LogP contribution in [0.15, 0.2) is 89.8 Å². The number of benzene rings is 3. The van der Waals surface area contributed by atoms with Crippen LogP contribution in [0.2, 0.25) is 0 Å². The molecule has 0 aromatic heterocycles. The van der Waals surface area contributed by atoms with Gasteiger partial charge in [0.15, 0.2) is 0 Å². The molecule has 0 bridgehead atoms. The van der Waals surface area contributed by atoms with Gasteiger partial charge in [-0.3, -0.25) is 10.1 Å². The van der Waals surface area contributed by atoms with Crippen LogP contribution in [-0.4, -0.2) is 4.92 Å². The Bertz CT molecular complexity index is 858. The van der Waals surface area contributed by atoms with Gasteiger partial charge < -0.3 is 0 Å². The molecule has 3 nitrogen and oxygen atoms in total. The van der Waals surface area contributed by atoms with Crippen molar-refractivity contribution in [3.05, 3.63) is 95.0 Å². The van der Waals surface area contributed by atoms with Crippen LogP contribution in [0.4, 0.5) is 5.69 Å². The zero-order chi connectivity index (χ0) is 17.0. The van der Waals surface area contributed by atoms with Gasteiger partial charge in [0.2, 0.25) is 0 Å². The molecule has 0 heterocycles. The normalized spacial score (nSPS) is 11.2. The fraction of sp³-hybridized carbons (Fsp3) is 0. The Morgan fingerprint density at radius 1 is 0.792 bits per heavy atom. The van der Waals surface area contributed by atoms with Crippen molar-refractivity contribution >= 4 is 44.7 Å². The van der Waals surface area contributed by atoms with Crippen molar-refractivity contribution in [2.75, 3.05) is 0 Å². The summed E-state index contributed by atoms with van der Waals surface area (Å²) in [5.41, 5.74) is 0.101. The Labute approximate surface area is 149 Å². The number of nitro groups is 1. The zero-order valence-corrected chi connectivity index (χ0v) is 15.1. The molecule has 3 aromatic rings. The van der Waals surface area contributed by atoms with E-state index in [9.17, 15) is 10.1 Å². The van der Waals surface area contributed by atoms with Gasteiger partial charge in [-0.1, -0.05) is 96.0 Å². The number of para-hydroxylation sites is 1.